The van der Waals surface area contributed by atoms with Crippen LogP contribution < -0.4 is 19.1 Å². The number of benzene rings is 2. The Hall–Kier alpha value is -3.10. The summed E-state index contributed by atoms with van der Waals surface area (Å²) in [6, 6.07) is 10.1. The zero-order chi connectivity index (χ0) is 22.1. The maximum Gasteiger partial charge on any atom is 0.270 e. The van der Waals surface area contributed by atoms with Crippen LogP contribution in [0.5, 0.6) is 17.2 Å². The Kier molecular flexibility index (Phi) is 5.84. The average Bonchev–Trinajstić information content (AvgIpc) is 3.20. The molecule has 0 spiro atoms. The monoisotopic (exact) mass is 458 g/mol. The topological polar surface area (TPSA) is 68.3 Å². The molecular formula is C22H19ClN2O5S. The molecule has 0 radical (unpaired) electrons. The fourth-order valence-electron chi connectivity index (χ4n) is 3.36. The van der Waals surface area contributed by atoms with E-state index in [-0.39, 0.29) is 17.5 Å². The Labute approximate surface area is 189 Å². The molecule has 31 heavy (non-hydrogen) atoms. The molecule has 2 aliphatic rings. The van der Waals surface area contributed by atoms with Crippen LogP contribution in [-0.2, 0) is 9.59 Å². The second kappa shape index (κ2) is 8.56. The maximum atomic E-state index is 13.4. The van der Waals surface area contributed by atoms with E-state index in [1.165, 1.54) is 15.9 Å². The average molecular weight is 459 g/mol. The van der Waals surface area contributed by atoms with Crippen molar-refractivity contribution in [1.82, 2.24) is 4.90 Å². The van der Waals surface area contributed by atoms with E-state index in [4.69, 9.17) is 38.0 Å². The standard InChI is InChI=1S/C22H19ClN2O5S/c1-3-24-20(26)16(21(27)25(22(24)31)15-7-5-14(23)6-8-15)9-13-10-18-19(30-12-29-18)11-17(13)28-4-2/h5-11H,3-4,12H2,1-2H3. The van der Waals surface area contributed by atoms with Gasteiger partial charge in [0.2, 0.25) is 6.79 Å². The summed E-state index contributed by atoms with van der Waals surface area (Å²) in [5, 5.41) is 0.646. The van der Waals surface area contributed by atoms with Crippen molar-refractivity contribution in [3.63, 3.8) is 0 Å². The van der Waals surface area contributed by atoms with Gasteiger partial charge in [-0.2, -0.15) is 0 Å². The third-order valence-corrected chi connectivity index (χ3v) is 5.49. The van der Waals surface area contributed by atoms with E-state index in [2.05, 4.69) is 0 Å². The van der Waals surface area contributed by atoms with Crippen LogP contribution in [0.2, 0.25) is 5.02 Å². The highest BCUT2D eigenvalue weighted by atomic mass is 35.5. The Bertz CT molecular complexity index is 1100. The highest BCUT2D eigenvalue weighted by Crippen LogP contribution is 2.39. The molecule has 0 N–H and O–H groups in total. The van der Waals surface area contributed by atoms with Crippen molar-refractivity contribution in [3.05, 3.63) is 52.6 Å². The molecule has 0 atom stereocenters. The van der Waals surface area contributed by atoms with Crippen molar-refractivity contribution in [2.75, 3.05) is 24.8 Å². The van der Waals surface area contributed by atoms with Crippen LogP contribution >= 0.6 is 23.8 Å². The van der Waals surface area contributed by atoms with E-state index in [0.717, 1.165) is 0 Å². The highest BCUT2D eigenvalue weighted by molar-refractivity contribution is 7.80. The van der Waals surface area contributed by atoms with Crippen molar-refractivity contribution in [1.29, 1.82) is 0 Å². The predicted molar refractivity (Wildman–Crippen MR) is 121 cm³/mol. The zero-order valence-electron chi connectivity index (χ0n) is 16.9. The molecule has 1 fully saturated rings. The molecule has 0 aromatic heterocycles. The SMILES string of the molecule is CCOc1cc2c(cc1C=C1C(=O)N(CC)C(=S)N(c3ccc(Cl)cc3)C1=O)OCO2. The summed E-state index contributed by atoms with van der Waals surface area (Å²) >= 11 is 11.4. The molecule has 0 saturated carbocycles. The van der Waals surface area contributed by atoms with E-state index >= 15 is 0 Å². The molecular weight excluding hydrogens is 440 g/mol. The molecule has 2 aromatic carbocycles. The number of thiocarbonyl (C=S) groups is 1. The lowest BCUT2D eigenvalue weighted by Crippen LogP contribution is -2.56. The fraction of sp³-hybridized carbons (Fsp3) is 0.227. The molecule has 0 unspecified atom stereocenters. The molecule has 160 valence electrons. The number of hydrogen-bond acceptors (Lipinski definition) is 6. The first-order chi connectivity index (χ1) is 14.9. The van der Waals surface area contributed by atoms with Gasteiger partial charge in [0.25, 0.3) is 11.8 Å². The second-order valence-corrected chi connectivity index (χ2v) is 7.48. The number of carbonyl (C=O) groups excluding carboxylic acids is 2. The van der Waals surface area contributed by atoms with Gasteiger partial charge in [-0.25, -0.2) is 0 Å². The molecule has 7 nitrogen and oxygen atoms in total. The molecule has 0 bridgehead atoms. The van der Waals surface area contributed by atoms with E-state index in [1.807, 2.05) is 6.92 Å². The molecule has 0 aliphatic carbocycles. The van der Waals surface area contributed by atoms with E-state index in [1.54, 1.807) is 43.3 Å². The fourth-order valence-corrected chi connectivity index (χ4v) is 3.89. The first-order valence-corrected chi connectivity index (χ1v) is 10.5. The summed E-state index contributed by atoms with van der Waals surface area (Å²) in [6.45, 7) is 4.45. The van der Waals surface area contributed by atoms with E-state index in [0.29, 0.717) is 46.7 Å². The Morgan fingerprint density at radius 2 is 1.77 bits per heavy atom. The number of anilines is 1. The predicted octanol–water partition coefficient (Wildman–Crippen LogP) is 4.03. The molecule has 2 heterocycles. The van der Waals surface area contributed by atoms with Gasteiger partial charge in [-0.1, -0.05) is 11.6 Å². The van der Waals surface area contributed by atoms with Gasteiger partial charge in [0.1, 0.15) is 11.3 Å². The van der Waals surface area contributed by atoms with Crippen LogP contribution in [0, 0.1) is 0 Å². The lowest BCUT2D eigenvalue weighted by Gasteiger charge is -2.36. The summed E-state index contributed by atoms with van der Waals surface area (Å²) in [5.74, 6) is 0.550. The molecule has 1 saturated heterocycles. The van der Waals surface area contributed by atoms with Gasteiger partial charge in [0.05, 0.1) is 12.3 Å². The van der Waals surface area contributed by atoms with Gasteiger partial charge in [-0.05, 0) is 62.5 Å². The van der Waals surface area contributed by atoms with Crippen LogP contribution in [-0.4, -0.2) is 41.8 Å². The van der Waals surface area contributed by atoms with Gasteiger partial charge in [-0.15, -0.1) is 0 Å². The van der Waals surface area contributed by atoms with Crippen LogP contribution in [0.3, 0.4) is 0 Å². The first kappa shape index (κ1) is 21.1. The number of rotatable bonds is 5. The molecule has 2 aliphatic heterocycles. The van der Waals surface area contributed by atoms with Crippen molar-refractivity contribution in [3.8, 4) is 17.2 Å². The number of fused-ring (bicyclic) bond motifs is 1. The number of amides is 2. The lowest BCUT2D eigenvalue weighted by molar-refractivity contribution is -0.127. The zero-order valence-corrected chi connectivity index (χ0v) is 18.5. The van der Waals surface area contributed by atoms with Gasteiger partial charge in [-0.3, -0.25) is 19.4 Å². The van der Waals surface area contributed by atoms with Crippen LogP contribution in [0.25, 0.3) is 6.08 Å². The summed E-state index contributed by atoms with van der Waals surface area (Å²) in [4.78, 5) is 29.2. The summed E-state index contributed by atoms with van der Waals surface area (Å²) in [5.41, 5.74) is 1.01. The first-order valence-electron chi connectivity index (χ1n) is 9.68. The second-order valence-electron chi connectivity index (χ2n) is 6.68. The molecule has 2 amide bonds. The Morgan fingerprint density at radius 1 is 1.10 bits per heavy atom. The third-order valence-electron chi connectivity index (χ3n) is 4.84. The quantitative estimate of drug-likeness (QED) is 0.383. The number of carbonyl (C=O) groups is 2. The number of hydrogen-bond donors (Lipinski definition) is 0. The summed E-state index contributed by atoms with van der Waals surface area (Å²) < 4.78 is 16.6. The van der Waals surface area contributed by atoms with Crippen molar-refractivity contribution >= 4 is 52.5 Å². The van der Waals surface area contributed by atoms with Gasteiger partial charge >= 0.3 is 0 Å². The highest BCUT2D eigenvalue weighted by Gasteiger charge is 2.39. The lowest BCUT2D eigenvalue weighted by atomic mass is 10.0. The van der Waals surface area contributed by atoms with Gasteiger partial charge in [0, 0.05) is 23.2 Å². The summed E-state index contributed by atoms with van der Waals surface area (Å²) in [7, 11) is 0. The van der Waals surface area contributed by atoms with Gasteiger partial charge in [0.15, 0.2) is 16.6 Å². The minimum absolute atomic E-state index is 0.0368. The Balaban J connectivity index is 1.82. The van der Waals surface area contributed by atoms with Crippen LogP contribution in [0.4, 0.5) is 5.69 Å². The largest absolute Gasteiger partial charge is 0.493 e. The van der Waals surface area contributed by atoms with Gasteiger partial charge < -0.3 is 14.2 Å². The number of halogens is 1. The maximum absolute atomic E-state index is 13.4. The third kappa shape index (κ3) is 3.84. The van der Waals surface area contributed by atoms with Crippen LogP contribution in [0.1, 0.15) is 19.4 Å². The van der Waals surface area contributed by atoms with Crippen molar-refractivity contribution < 1.29 is 23.8 Å². The number of likely N-dealkylation sites (N-methyl/N-ethyl adjacent to an activating group) is 1. The molecule has 4 rings (SSSR count). The Morgan fingerprint density at radius 3 is 2.42 bits per heavy atom. The van der Waals surface area contributed by atoms with Crippen LogP contribution in [0.15, 0.2) is 42.0 Å². The molecule has 9 heteroatoms. The summed E-state index contributed by atoms with van der Waals surface area (Å²) in [6.07, 6.45) is 1.50. The minimum atomic E-state index is -0.526. The van der Waals surface area contributed by atoms with E-state index < -0.39 is 11.8 Å². The number of ether oxygens (including phenoxy) is 3. The van der Waals surface area contributed by atoms with Crippen molar-refractivity contribution in [2.24, 2.45) is 0 Å². The van der Waals surface area contributed by atoms with Crippen molar-refractivity contribution in [2.45, 2.75) is 13.8 Å². The smallest absolute Gasteiger partial charge is 0.270 e. The minimum Gasteiger partial charge on any atom is -0.493 e. The normalized spacial score (nSPS) is 17.0. The number of nitrogens with zero attached hydrogens (tertiary/aromatic N) is 2. The van der Waals surface area contributed by atoms with E-state index in [9.17, 15) is 9.59 Å². The molecule has 2 aromatic rings.